The monoisotopic (exact) mass is 273 g/mol. The number of benzene rings is 1. The SMILES string of the molecule is O=c1[nH]ncc2cc(Nc3ccnc(Cl)n3)ccc12. The topological polar surface area (TPSA) is 83.6 Å². The lowest BCUT2D eigenvalue weighted by atomic mass is 10.2. The molecule has 0 unspecified atom stereocenters. The van der Waals surface area contributed by atoms with Crippen LogP contribution in [0.4, 0.5) is 11.5 Å². The number of aromatic amines is 1. The van der Waals surface area contributed by atoms with Crippen molar-refractivity contribution in [3.8, 4) is 0 Å². The smallest absolute Gasteiger partial charge is 0.272 e. The molecule has 0 atom stereocenters. The normalized spacial score (nSPS) is 10.6. The molecular weight excluding hydrogens is 266 g/mol. The second kappa shape index (κ2) is 4.66. The predicted molar refractivity (Wildman–Crippen MR) is 72.7 cm³/mol. The van der Waals surface area contributed by atoms with E-state index in [-0.39, 0.29) is 10.8 Å². The van der Waals surface area contributed by atoms with E-state index < -0.39 is 0 Å². The number of anilines is 2. The van der Waals surface area contributed by atoms with E-state index in [0.29, 0.717) is 11.2 Å². The summed E-state index contributed by atoms with van der Waals surface area (Å²) in [6.45, 7) is 0. The molecule has 0 spiro atoms. The van der Waals surface area contributed by atoms with E-state index in [2.05, 4.69) is 25.5 Å². The van der Waals surface area contributed by atoms with Gasteiger partial charge in [-0.15, -0.1) is 0 Å². The van der Waals surface area contributed by atoms with Crippen LogP contribution in [0.1, 0.15) is 0 Å². The van der Waals surface area contributed by atoms with Crippen LogP contribution in [0.15, 0.2) is 41.5 Å². The predicted octanol–water partition coefficient (Wildman–Crippen LogP) is 2.11. The zero-order valence-electron chi connectivity index (χ0n) is 9.59. The fraction of sp³-hybridized carbons (Fsp3) is 0. The van der Waals surface area contributed by atoms with Gasteiger partial charge in [-0.25, -0.2) is 15.1 Å². The number of hydrogen-bond donors (Lipinski definition) is 2. The van der Waals surface area contributed by atoms with Crippen molar-refractivity contribution in [3.05, 3.63) is 52.3 Å². The number of fused-ring (bicyclic) bond motifs is 1. The maximum absolute atomic E-state index is 11.5. The van der Waals surface area contributed by atoms with Gasteiger partial charge in [-0.1, -0.05) is 0 Å². The maximum atomic E-state index is 11.5. The average Bonchev–Trinajstić information content (AvgIpc) is 2.39. The molecular formula is C12H8ClN5O. The quantitative estimate of drug-likeness (QED) is 0.699. The van der Waals surface area contributed by atoms with Crippen molar-refractivity contribution < 1.29 is 0 Å². The Hall–Kier alpha value is -2.47. The van der Waals surface area contributed by atoms with Crippen molar-refractivity contribution in [1.82, 2.24) is 20.2 Å². The lowest BCUT2D eigenvalue weighted by molar-refractivity contribution is 1.01. The molecule has 0 fully saturated rings. The molecule has 2 N–H and O–H groups in total. The molecule has 6 nitrogen and oxygen atoms in total. The first-order valence-corrected chi connectivity index (χ1v) is 5.83. The third kappa shape index (κ3) is 2.38. The molecule has 0 saturated carbocycles. The van der Waals surface area contributed by atoms with Crippen LogP contribution in [-0.2, 0) is 0 Å². The largest absolute Gasteiger partial charge is 0.340 e. The summed E-state index contributed by atoms with van der Waals surface area (Å²) in [6.07, 6.45) is 3.15. The Labute approximate surface area is 112 Å². The average molecular weight is 274 g/mol. The molecule has 0 aliphatic rings. The van der Waals surface area contributed by atoms with Crippen molar-refractivity contribution in [2.45, 2.75) is 0 Å². The summed E-state index contributed by atoms with van der Waals surface area (Å²) < 4.78 is 0. The van der Waals surface area contributed by atoms with E-state index in [9.17, 15) is 4.79 Å². The van der Waals surface area contributed by atoms with Crippen molar-refractivity contribution in [2.75, 3.05) is 5.32 Å². The summed E-state index contributed by atoms with van der Waals surface area (Å²) in [6, 6.07) is 7.02. The van der Waals surface area contributed by atoms with Crippen LogP contribution in [0.3, 0.4) is 0 Å². The first-order valence-electron chi connectivity index (χ1n) is 5.45. The minimum atomic E-state index is -0.214. The highest BCUT2D eigenvalue weighted by atomic mass is 35.5. The number of nitrogens with zero attached hydrogens (tertiary/aromatic N) is 3. The van der Waals surface area contributed by atoms with Gasteiger partial charge in [0.2, 0.25) is 5.28 Å². The minimum Gasteiger partial charge on any atom is -0.340 e. The zero-order chi connectivity index (χ0) is 13.2. The van der Waals surface area contributed by atoms with Crippen LogP contribution in [0.2, 0.25) is 5.28 Å². The zero-order valence-corrected chi connectivity index (χ0v) is 10.3. The van der Waals surface area contributed by atoms with E-state index in [0.717, 1.165) is 11.1 Å². The Balaban J connectivity index is 2.00. The minimum absolute atomic E-state index is 0.170. The van der Waals surface area contributed by atoms with Crippen LogP contribution in [0.5, 0.6) is 0 Å². The highest BCUT2D eigenvalue weighted by Gasteiger charge is 2.02. The van der Waals surface area contributed by atoms with Gasteiger partial charge in [0.1, 0.15) is 5.82 Å². The summed E-state index contributed by atoms with van der Waals surface area (Å²) in [5.74, 6) is 0.581. The molecule has 0 aliphatic carbocycles. The fourth-order valence-corrected chi connectivity index (χ4v) is 1.87. The summed E-state index contributed by atoms with van der Waals surface area (Å²) in [5.41, 5.74) is 0.573. The van der Waals surface area contributed by atoms with E-state index in [1.54, 1.807) is 30.6 Å². The van der Waals surface area contributed by atoms with E-state index in [1.165, 1.54) is 0 Å². The molecule has 0 bridgehead atoms. The summed E-state index contributed by atoms with van der Waals surface area (Å²) in [4.78, 5) is 19.3. The Morgan fingerprint density at radius 3 is 3.00 bits per heavy atom. The number of H-pyrrole nitrogens is 1. The molecule has 0 amide bonds. The first kappa shape index (κ1) is 11.6. The Kier molecular flexibility index (Phi) is 2.85. The standard InChI is InChI=1S/C12H8ClN5O/c13-12-14-4-3-10(17-12)16-8-1-2-9-7(5-8)6-15-18-11(9)19/h1-6H,(H,18,19)(H,14,16,17). The molecule has 0 aliphatic heterocycles. The van der Waals surface area contributed by atoms with E-state index >= 15 is 0 Å². The van der Waals surface area contributed by atoms with Gasteiger partial charge in [-0.2, -0.15) is 5.10 Å². The van der Waals surface area contributed by atoms with Crippen LogP contribution in [0, 0.1) is 0 Å². The lowest BCUT2D eigenvalue weighted by Crippen LogP contribution is -2.07. The van der Waals surface area contributed by atoms with Gasteiger partial charge in [0.15, 0.2) is 0 Å². The van der Waals surface area contributed by atoms with E-state index in [1.807, 2.05) is 6.07 Å². The van der Waals surface area contributed by atoms with Crippen molar-refractivity contribution in [3.63, 3.8) is 0 Å². The molecule has 3 rings (SSSR count). The molecule has 2 aromatic heterocycles. The molecule has 19 heavy (non-hydrogen) atoms. The fourth-order valence-electron chi connectivity index (χ4n) is 1.73. The van der Waals surface area contributed by atoms with Gasteiger partial charge in [0.25, 0.3) is 5.56 Å². The number of halogens is 1. The van der Waals surface area contributed by atoms with Gasteiger partial charge in [0, 0.05) is 17.3 Å². The van der Waals surface area contributed by atoms with Crippen molar-refractivity contribution in [1.29, 1.82) is 0 Å². The van der Waals surface area contributed by atoms with Crippen molar-refractivity contribution in [2.24, 2.45) is 0 Å². The van der Waals surface area contributed by atoms with Gasteiger partial charge in [-0.3, -0.25) is 4.79 Å². The number of nitrogens with one attached hydrogen (secondary N) is 2. The third-order valence-corrected chi connectivity index (χ3v) is 2.75. The first-order chi connectivity index (χ1) is 9.22. The number of aromatic nitrogens is 4. The summed E-state index contributed by atoms with van der Waals surface area (Å²) >= 11 is 5.71. The summed E-state index contributed by atoms with van der Waals surface area (Å²) in [7, 11) is 0. The molecule has 0 radical (unpaired) electrons. The summed E-state index contributed by atoms with van der Waals surface area (Å²) in [5, 5.41) is 10.7. The van der Waals surface area contributed by atoms with Crippen LogP contribution >= 0.6 is 11.6 Å². The Morgan fingerprint density at radius 2 is 2.16 bits per heavy atom. The Bertz CT molecular complexity index is 801. The van der Waals surface area contributed by atoms with Crippen LogP contribution < -0.4 is 10.9 Å². The van der Waals surface area contributed by atoms with Crippen LogP contribution in [0.25, 0.3) is 10.8 Å². The molecule has 3 aromatic rings. The van der Waals surface area contributed by atoms with Gasteiger partial charge in [0.05, 0.1) is 11.6 Å². The molecule has 1 aromatic carbocycles. The van der Waals surface area contributed by atoms with Gasteiger partial charge in [-0.05, 0) is 35.9 Å². The second-order valence-corrected chi connectivity index (χ2v) is 4.18. The lowest BCUT2D eigenvalue weighted by Gasteiger charge is -2.06. The molecule has 0 saturated heterocycles. The molecule has 94 valence electrons. The van der Waals surface area contributed by atoms with Gasteiger partial charge >= 0.3 is 0 Å². The number of rotatable bonds is 2. The second-order valence-electron chi connectivity index (χ2n) is 3.84. The van der Waals surface area contributed by atoms with Crippen LogP contribution in [-0.4, -0.2) is 20.2 Å². The third-order valence-electron chi connectivity index (χ3n) is 2.56. The van der Waals surface area contributed by atoms with Gasteiger partial charge < -0.3 is 5.32 Å². The highest BCUT2D eigenvalue weighted by molar-refractivity contribution is 6.28. The van der Waals surface area contributed by atoms with Crippen molar-refractivity contribution >= 4 is 33.9 Å². The maximum Gasteiger partial charge on any atom is 0.272 e. The highest BCUT2D eigenvalue weighted by Crippen LogP contribution is 2.19. The molecule has 2 heterocycles. The molecule has 7 heteroatoms. The number of hydrogen-bond acceptors (Lipinski definition) is 5. The Morgan fingerprint density at radius 1 is 1.26 bits per heavy atom. The van der Waals surface area contributed by atoms with E-state index in [4.69, 9.17) is 11.6 Å².